The Bertz CT molecular complexity index is 503. The van der Waals surface area contributed by atoms with Crippen molar-refractivity contribution in [3.8, 4) is 0 Å². The molecule has 1 fully saturated rings. The molecule has 1 aromatic rings. The summed E-state index contributed by atoms with van der Waals surface area (Å²) >= 11 is 0. The number of aliphatic hydroxyl groups excluding tert-OH is 1. The highest BCUT2D eigenvalue weighted by Crippen LogP contribution is 2.22. The number of amides is 1. The van der Waals surface area contributed by atoms with Gasteiger partial charge >= 0.3 is 0 Å². The SMILES string of the molecule is CN(C(=O)c1ccc2c(c1)COC2)[C@@H]1CNC[C@H]1O. The lowest BCUT2D eigenvalue weighted by molar-refractivity contribution is 0.0581. The van der Waals surface area contributed by atoms with Crippen LogP contribution in [0.1, 0.15) is 21.5 Å². The van der Waals surface area contributed by atoms with E-state index >= 15 is 0 Å². The molecule has 0 aromatic heterocycles. The molecule has 3 rings (SSSR count). The number of benzene rings is 1. The van der Waals surface area contributed by atoms with Crippen LogP contribution in [0.15, 0.2) is 18.2 Å². The van der Waals surface area contributed by atoms with E-state index in [1.165, 1.54) is 0 Å². The zero-order valence-electron chi connectivity index (χ0n) is 10.9. The minimum atomic E-state index is -0.494. The summed E-state index contributed by atoms with van der Waals surface area (Å²) < 4.78 is 5.35. The molecule has 5 heteroatoms. The van der Waals surface area contributed by atoms with Crippen molar-refractivity contribution >= 4 is 5.91 Å². The Labute approximate surface area is 112 Å². The summed E-state index contributed by atoms with van der Waals surface area (Å²) in [7, 11) is 1.74. The molecule has 0 unspecified atom stereocenters. The Hall–Kier alpha value is -1.43. The summed E-state index contributed by atoms with van der Waals surface area (Å²) in [5.41, 5.74) is 2.90. The maximum absolute atomic E-state index is 12.4. The number of aliphatic hydroxyl groups is 1. The Morgan fingerprint density at radius 2 is 2.16 bits per heavy atom. The summed E-state index contributed by atoms with van der Waals surface area (Å²) in [5, 5.41) is 12.9. The van der Waals surface area contributed by atoms with Crippen LogP contribution in [0.3, 0.4) is 0 Å². The third-order valence-corrected chi connectivity index (χ3v) is 3.94. The highest BCUT2D eigenvalue weighted by molar-refractivity contribution is 5.94. The van der Waals surface area contributed by atoms with Crippen LogP contribution in [0.4, 0.5) is 0 Å². The Morgan fingerprint density at radius 3 is 2.89 bits per heavy atom. The highest BCUT2D eigenvalue weighted by Gasteiger charge is 2.31. The van der Waals surface area contributed by atoms with Crippen LogP contribution in [0.2, 0.25) is 0 Å². The Balaban J connectivity index is 1.79. The van der Waals surface area contributed by atoms with Crippen molar-refractivity contribution in [2.75, 3.05) is 20.1 Å². The zero-order chi connectivity index (χ0) is 13.4. The predicted molar refractivity (Wildman–Crippen MR) is 69.7 cm³/mol. The third kappa shape index (κ3) is 2.25. The normalized spacial score (nSPS) is 25.4. The smallest absolute Gasteiger partial charge is 0.253 e. The van der Waals surface area contributed by atoms with Gasteiger partial charge in [0.05, 0.1) is 25.4 Å². The second-order valence-electron chi connectivity index (χ2n) is 5.19. The van der Waals surface area contributed by atoms with E-state index in [2.05, 4.69) is 5.32 Å². The lowest BCUT2D eigenvalue weighted by Crippen LogP contribution is -2.44. The van der Waals surface area contributed by atoms with Gasteiger partial charge in [-0.2, -0.15) is 0 Å². The summed E-state index contributed by atoms with van der Waals surface area (Å²) in [5.74, 6) is -0.0533. The summed E-state index contributed by atoms with van der Waals surface area (Å²) in [6.45, 7) is 2.39. The molecule has 19 heavy (non-hydrogen) atoms. The molecule has 5 nitrogen and oxygen atoms in total. The minimum Gasteiger partial charge on any atom is -0.390 e. The van der Waals surface area contributed by atoms with Gasteiger partial charge in [-0.3, -0.25) is 4.79 Å². The van der Waals surface area contributed by atoms with Gasteiger partial charge in [-0.05, 0) is 23.3 Å². The predicted octanol–water partition coefficient (Wildman–Crippen LogP) is 0.121. The number of carbonyl (C=O) groups excluding carboxylic acids is 1. The first-order valence-corrected chi connectivity index (χ1v) is 6.52. The molecule has 2 heterocycles. The van der Waals surface area contributed by atoms with E-state index in [1.807, 2.05) is 18.2 Å². The largest absolute Gasteiger partial charge is 0.390 e. The number of likely N-dealkylation sites (N-methyl/N-ethyl adjacent to an activating group) is 1. The number of β-amino-alcohol motifs (C(OH)–C–C–N with tert-alkyl or cyclic N) is 1. The summed E-state index contributed by atoms with van der Waals surface area (Å²) in [6, 6.07) is 5.53. The van der Waals surface area contributed by atoms with E-state index in [0.29, 0.717) is 31.9 Å². The average Bonchev–Trinajstić information content (AvgIpc) is 3.04. The maximum atomic E-state index is 12.4. The molecule has 0 spiro atoms. The van der Waals surface area contributed by atoms with Crippen LogP contribution in [0.25, 0.3) is 0 Å². The number of hydrogen-bond donors (Lipinski definition) is 2. The molecule has 0 saturated carbocycles. The second kappa shape index (κ2) is 4.92. The lowest BCUT2D eigenvalue weighted by Gasteiger charge is -2.26. The topological polar surface area (TPSA) is 61.8 Å². The van der Waals surface area contributed by atoms with Gasteiger partial charge in [0.15, 0.2) is 0 Å². The fourth-order valence-corrected chi connectivity index (χ4v) is 2.71. The van der Waals surface area contributed by atoms with E-state index in [9.17, 15) is 9.90 Å². The van der Waals surface area contributed by atoms with Gasteiger partial charge in [0.25, 0.3) is 5.91 Å². The first-order valence-electron chi connectivity index (χ1n) is 6.52. The van der Waals surface area contributed by atoms with E-state index in [1.54, 1.807) is 11.9 Å². The van der Waals surface area contributed by atoms with Gasteiger partial charge in [0, 0.05) is 25.7 Å². The van der Waals surface area contributed by atoms with Crippen LogP contribution in [0.5, 0.6) is 0 Å². The van der Waals surface area contributed by atoms with E-state index in [0.717, 1.165) is 11.1 Å². The van der Waals surface area contributed by atoms with Gasteiger partial charge in [0.2, 0.25) is 0 Å². The van der Waals surface area contributed by atoms with Crippen LogP contribution in [0, 0.1) is 0 Å². The zero-order valence-corrected chi connectivity index (χ0v) is 10.9. The molecule has 0 aliphatic carbocycles. The number of nitrogens with zero attached hydrogens (tertiary/aromatic N) is 1. The van der Waals surface area contributed by atoms with Crippen LogP contribution < -0.4 is 5.32 Å². The molecule has 2 N–H and O–H groups in total. The number of ether oxygens (including phenoxy) is 1. The first kappa shape index (κ1) is 12.6. The fraction of sp³-hybridized carbons (Fsp3) is 0.500. The van der Waals surface area contributed by atoms with Crippen LogP contribution in [-0.2, 0) is 18.0 Å². The number of rotatable bonds is 2. The minimum absolute atomic E-state index is 0.0533. The molecular formula is C14H18N2O3. The average molecular weight is 262 g/mol. The Morgan fingerprint density at radius 1 is 1.37 bits per heavy atom. The van der Waals surface area contributed by atoms with Crippen molar-refractivity contribution in [2.45, 2.75) is 25.4 Å². The first-order chi connectivity index (χ1) is 9.16. The molecule has 102 valence electrons. The molecule has 1 aromatic carbocycles. The van der Waals surface area contributed by atoms with Gasteiger partial charge in [-0.1, -0.05) is 6.07 Å². The molecule has 2 atom stereocenters. The summed E-state index contributed by atoms with van der Waals surface area (Å²) in [4.78, 5) is 14.1. The van der Waals surface area contributed by atoms with Gasteiger partial charge in [-0.25, -0.2) is 0 Å². The molecule has 1 amide bonds. The quantitative estimate of drug-likeness (QED) is 0.795. The van der Waals surface area contributed by atoms with E-state index < -0.39 is 6.10 Å². The van der Waals surface area contributed by atoms with E-state index in [4.69, 9.17) is 4.74 Å². The van der Waals surface area contributed by atoms with Crippen molar-refractivity contribution in [3.63, 3.8) is 0 Å². The fourth-order valence-electron chi connectivity index (χ4n) is 2.71. The van der Waals surface area contributed by atoms with Crippen LogP contribution >= 0.6 is 0 Å². The van der Waals surface area contributed by atoms with Crippen molar-refractivity contribution in [1.29, 1.82) is 0 Å². The number of fused-ring (bicyclic) bond motifs is 1. The highest BCUT2D eigenvalue weighted by atomic mass is 16.5. The molecule has 0 radical (unpaired) electrons. The molecule has 2 aliphatic heterocycles. The maximum Gasteiger partial charge on any atom is 0.253 e. The third-order valence-electron chi connectivity index (χ3n) is 3.94. The van der Waals surface area contributed by atoms with Crippen molar-refractivity contribution < 1.29 is 14.6 Å². The number of carbonyl (C=O) groups is 1. The van der Waals surface area contributed by atoms with Crippen molar-refractivity contribution in [1.82, 2.24) is 10.2 Å². The molecule has 2 aliphatic rings. The second-order valence-corrected chi connectivity index (χ2v) is 5.19. The molecule has 0 bridgehead atoms. The van der Waals surface area contributed by atoms with Gasteiger partial charge in [0.1, 0.15) is 0 Å². The molecular weight excluding hydrogens is 244 g/mol. The van der Waals surface area contributed by atoms with Crippen molar-refractivity contribution in [3.05, 3.63) is 34.9 Å². The van der Waals surface area contributed by atoms with Crippen molar-refractivity contribution in [2.24, 2.45) is 0 Å². The van der Waals surface area contributed by atoms with Gasteiger partial charge < -0.3 is 20.1 Å². The Kier molecular flexibility index (Phi) is 3.26. The van der Waals surface area contributed by atoms with Gasteiger partial charge in [-0.15, -0.1) is 0 Å². The standard InChI is InChI=1S/C14H18N2O3/c1-16(12-5-15-6-13(12)17)14(18)9-2-3-10-7-19-8-11(10)4-9/h2-4,12-13,15,17H,5-8H2,1H3/t12-,13-/m1/s1. The number of nitrogens with one attached hydrogen (secondary N) is 1. The molecule has 1 saturated heterocycles. The monoisotopic (exact) mass is 262 g/mol. The summed E-state index contributed by atoms with van der Waals surface area (Å²) in [6.07, 6.45) is -0.494. The van der Waals surface area contributed by atoms with Crippen LogP contribution in [-0.4, -0.2) is 48.2 Å². The lowest BCUT2D eigenvalue weighted by atomic mass is 10.0. The van der Waals surface area contributed by atoms with E-state index in [-0.39, 0.29) is 11.9 Å². The number of hydrogen-bond acceptors (Lipinski definition) is 4.